The fourth-order valence-corrected chi connectivity index (χ4v) is 3.40. The Morgan fingerprint density at radius 1 is 0.676 bits per heavy atom. The van der Waals surface area contributed by atoms with Crippen LogP contribution in [0.5, 0.6) is 0 Å². The molecule has 3 N–H and O–H groups in total. The Balaban J connectivity index is 1.36. The predicted molar refractivity (Wildman–Crippen MR) is 127 cm³/mol. The van der Waals surface area contributed by atoms with Gasteiger partial charge in [0.05, 0.1) is 12.1 Å². The summed E-state index contributed by atoms with van der Waals surface area (Å²) in [5.41, 5.74) is 0.605. The number of amides is 2. The summed E-state index contributed by atoms with van der Waals surface area (Å²) in [4.78, 5) is 24.9. The van der Waals surface area contributed by atoms with Crippen molar-refractivity contribution in [1.29, 1.82) is 0 Å². The van der Waals surface area contributed by atoms with Crippen LogP contribution >= 0.6 is 0 Å². The van der Waals surface area contributed by atoms with Crippen molar-refractivity contribution >= 4 is 39.6 Å². The average molecular weight is 463 g/mol. The van der Waals surface area contributed by atoms with Gasteiger partial charge in [0.1, 0.15) is 0 Å². The molecule has 0 aliphatic rings. The van der Waals surface area contributed by atoms with Gasteiger partial charge in [-0.05, 0) is 59.3 Å². The Morgan fingerprint density at radius 3 is 2.18 bits per heavy atom. The van der Waals surface area contributed by atoms with Gasteiger partial charge < -0.3 is 16.0 Å². The fourth-order valence-electron chi connectivity index (χ4n) is 3.40. The first-order chi connectivity index (χ1) is 16.3. The van der Waals surface area contributed by atoms with Crippen LogP contribution in [0.25, 0.3) is 10.8 Å². The van der Waals surface area contributed by atoms with E-state index in [0.717, 1.165) is 22.9 Å². The maximum atomic E-state index is 12.9. The molecule has 0 atom stereocenters. The van der Waals surface area contributed by atoms with E-state index in [2.05, 4.69) is 16.0 Å². The molecule has 8 heteroatoms. The lowest BCUT2D eigenvalue weighted by molar-refractivity contribution is -0.137. The number of hydrogen-bond acceptors (Lipinski definition) is 3. The summed E-state index contributed by atoms with van der Waals surface area (Å²) >= 11 is 0. The van der Waals surface area contributed by atoms with Crippen molar-refractivity contribution < 1.29 is 22.8 Å². The van der Waals surface area contributed by atoms with E-state index in [4.69, 9.17) is 0 Å². The van der Waals surface area contributed by atoms with E-state index < -0.39 is 17.6 Å². The first kappa shape index (κ1) is 22.8. The quantitative estimate of drug-likeness (QED) is 0.321. The van der Waals surface area contributed by atoms with Crippen molar-refractivity contribution in [3.05, 3.63) is 102 Å². The third-order valence-corrected chi connectivity index (χ3v) is 5.06. The predicted octanol–water partition coefficient (Wildman–Crippen LogP) is 6.16. The summed E-state index contributed by atoms with van der Waals surface area (Å²) in [5, 5.41) is 10.3. The Labute approximate surface area is 193 Å². The Hall–Kier alpha value is -4.33. The molecule has 0 bridgehead atoms. The van der Waals surface area contributed by atoms with Gasteiger partial charge in [0.25, 0.3) is 5.91 Å². The van der Waals surface area contributed by atoms with Crippen LogP contribution in [0.2, 0.25) is 0 Å². The van der Waals surface area contributed by atoms with Crippen LogP contribution in [0.4, 0.5) is 30.2 Å². The van der Waals surface area contributed by atoms with E-state index in [1.165, 1.54) is 24.3 Å². The summed E-state index contributed by atoms with van der Waals surface area (Å²) in [5.74, 6) is -0.835. The second-order valence-electron chi connectivity index (χ2n) is 7.58. The van der Waals surface area contributed by atoms with Crippen molar-refractivity contribution in [2.45, 2.75) is 6.18 Å². The Kier molecular flexibility index (Phi) is 6.49. The number of nitrogens with one attached hydrogen (secondary N) is 3. The highest BCUT2D eigenvalue weighted by atomic mass is 19.4. The molecular weight excluding hydrogens is 443 g/mol. The van der Waals surface area contributed by atoms with Gasteiger partial charge >= 0.3 is 6.18 Å². The molecule has 4 rings (SSSR count). The highest BCUT2D eigenvalue weighted by Crippen LogP contribution is 2.30. The standard InChI is InChI=1S/C26H20F3N3O2/c27-26(28,29)20-8-4-10-22(15-20)32-25(34)19-7-3-9-21(14-19)30-16-24(33)31-23-12-11-17-5-1-2-6-18(17)13-23/h1-15,30H,16H2,(H,31,33)(H,32,34). The van der Waals surface area contributed by atoms with Crippen molar-refractivity contribution in [1.82, 2.24) is 0 Å². The maximum Gasteiger partial charge on any atom is 0.416 e. The zero-order valence-electron chi connectivity index (χ0n) is 17.8. The molecule has 172 valence electrons. The molecule has 0 spiro atoms. The third kappa shape index (κ3) is 5.72. The first-order valence-electron chi connectivity index (χ1n) is 10.4. The molecule has 0 aromatic heterocycles. The lowest BCUT2D eigenvalue weighted by Crippen LogP contribution is -2.22. The van der Waals surface area contributed by atoms with Gasteiger partial charge in [-0.15, -0.1) is 0 Å². The van der Waals surface area contributed by atoms with Gasteiger partial charge in [-0.3, -0.25) is 9.59 Å². The third-order valence-electron chi connectivity index (χ3n) is 5.06. The summed E-state index contributed by atoms with van der Waals surface area (Å²) in [7, 11) is 0. The number of rotatable bonds is 6. The van der Waals surface area contributed by atoms with Crippen LogP contribution in [-0.2, 0) is 11.0 Å². The highest BCUT2D eigenvalue weighted by Gasteiger charge is 2.30. The molecular formula is C26H20F3N3O2. The normalized spacial score (nSPS) is 11.1. The zero-order valence-corrected chi connectivity index (χ0v) is 17.8. The highest BCUT2D eigenvalue weighted by molar-refractivity contribution is 6.05. The molecule has 4 aromatic carbocycles. The fraction of sp³-hybridized carbons (Fsp3) is 0.0769. The van der Waals surface area contributed by atoms with Crippen LogP contribution in [-0.4, -0.2) is 18.4 Å². The van der Waals surface area contributed by atoms with Crippen LogP contribution in [0.15, 0.2) is 91.0 Å². The molecule has 34 heavy (non-hydrogen) atoms. The van der Waals surface area contributed by atoms with Gasteiger partial charge in [0.15, 0.2) is 0 Å². The molecule has 0 unspecified atom stereocenters. The number of hydrogen-bond donors (Lipinski definition) is 3. The molecule has 0 aliphatic heterocycles. The molecule has 0 saturated carbocycles. The van der Waals surface area contributed by atoms with Gasteiger partial charge in [-0.25, -0.2) is 0 Å². The largest absolute Gasteiger partial charge is 0.416 e. The van der Waals surface area contributed by atoms with E-state index in [9.17, 15) is 22.8 Å². The lowest BCUT2D eigenvalue weighted by atomic mass is 10.1. The molecule has 0 radical (unpaired) electrons. The number of carbonyl (C=O) groups is 2. The van der Waals surface area contributed by atoms with Gasteiger partial charge in [0, 0.05) is 22.6 Å². The van der Waals surface area contributed by atoms with Crippen LogP contribution in [0.3, 0.4) is 0 Å². The molecule has 2 amide bonds. The molecule has 4 aromatic rings. The minimum absolute atomic E-state index is 0.0351. The number of halogens is 3. The zero-order chi connectivity index (χ0) is 24.1. The summed E-state index contributed by atoms with van der Waals surface area (Å²) < 4.78 is 38.7. The summed E-state index contributed by atoms with van der Waals surface area (Å²) in [6.45, 7) is -0.0362. The van der Waals surface area contributed by atoms with Crippen molar-refractivity contribution in [2.24, 2.45) is 0 Å². The summed E-state index contributed by atoms with van der Waals surface area (Å²) in [6, 6.07) is 24.2. The second-order valence-corrected chi connectivity index (χ2v) is 7.58. The molecule has 5 nitrogen and oxygen atoms in total. The first-order valence-corrected chi connectivity index (χ1v) is 10.4. The topological polar surface area (TPSA) is 70.2 Å². The van der Waals surface area contributed by atoms with E-state index in [0.29, 0.717) is 11.4 Å². The number of benzene rings is 4. The summed E-state index contributed by atoms with van der Waals surface area (Å²) in [6.07, 6.45) is -4.50. The van der Waals surface area contributed by atoms with E-state index >= 15 is 0 Å². The van der Waals surface area contributed by atoms with E-state index in [-0.39, 0.29) is 23.7 Å². The average Bonchev–Trinajstić information content (AvgIpc) is 2.82. The Morgan fingerprint density at radius 2 is 1.38 bits per heavy atom. The van der Waals surface area contributed by atoms with Crippen LogP contribution in [0.1, 0.15) is 15.9 Å². The number of carbonyl (C=O) groups excluding carboxylic acids is 2. The minimum Gasteiger partial charge on any atom is -0.376 e. The van der Waals surface area contributed by atoms with Crippen molar-refractivity contribution in [2.75, 3.05) is 22.5 Å². The maximum absolute atomic E-state index is 12.9. The van der Waals surface area contributed by atoms with Gasteiger partial charge in [0.2, 0.25) is 5.91 Å². The monoisotopic (exact) mass is 463 g/mol. The lowest BCUT2D eigenvalue weighted by Gasteiger charge is -2.11. The Bertz CT molecular complexity index is 1350. The van der Waals surface area contributed by atoms with E-state index in [1.54, 1.807) is 12.1 Å². The molecule has 0 fully saturated rings. The molecule has 0 saturated heterocycles. The minimum atomic E-state index is -4.50. The number of alkyl halides is 3. The molecule has 0 aliphatic carbocycles. The number of fused-ring (bicyclic) bond motifs is 1. The smallest absolute Gasteiger partial charge is 0.376 e. The second kappa shape index (κ2) is 9.66. The van der Waals surface area contributed by atoms with Crippen LogP contribution in [0, 0.1) is 0 Å². The number of anilines is 3. The SMILES string of the molecule is O=C(CNc1cccc(C(=O)Nc2cccc(C(F)(F)F)c2)c1)Nc1ccc2ccccc2c1. The van der Waals surface area contributed by atoms with E-state index in [1.807, 2.05) is 42.5 Å². The van der Waals surface area contributed by atoms with Gasteiger partial charge in [-0.1, -0.05) is 42.5 Å². The van der Waals surface area contributed by atoms with Crippen molar-refractivity contribution in [3.63, 3.8) is 0 Å². The molecule has 0 heterocycles. The van der Waals surface area contributed by atoms with Crippen LogP contribution < -0.4 is 16.0 Å². The van der Waals surface area contributed by atoms with Gasteiger partial charge in [-0.2, -0.15) is 13.2 Å². The van der Waals surface area contributed by atoms with Crippen molar-refractivity contribution in [3.8, 4) is 0 Å².